The minimum absolute atomic E-state index is 0.0522. The van der Waals surface area contributed by atoms with Crippen LogP contribution in [0.5, 0.6) is 0 Å². The Bertz CT molecular complexity index is 308. The van der Waals surface area contributed by atoms with E-state index in [1.807, 2.05) is 0 Å². The fourth-order valence-electron chi connectivity index (χ4n) is 2.54. The molecule has 0 aromatic carbocycles. The molecule has 1 amide bonds. The SMILES string of the molecule is O=C(CCNC1CC1)NC1CCC(C(F)(F)F)CC1. The zero-order chi connectivity index (χ0) is 13.9. The summed E-state index contributed by atoms with van der Waals surface area (Å²) in [5.74, 6) is -1.24. The summed E-state index contributed by atoms with van der Waals surface area (Å²) in [4.78, 5) is 11.6. The highest BCUT2D eigenvalue weighted by atomic mass is 19.4. The van der Waals surface area contributed by atoms with Crippen molar-refractivity contribution in [2.45, 2.75) is 63.2 Å². The van der Waals surface area contributed by atoms with E-state index in [1.165, 1.54) is 12.8 Å². The molecule has 2 rings (SSSR count). The number of halogens is 3. The molecule has 0 atom stereocenters. The van der Waals surface area contributed by atoms with Gasteiger partial charge in [-0.25, -0.2) is 0 Å². The molecule has 2 N–H and O–H groups in total. The van der Waals surface area contributed by atoms with Gasteiger partial charge < -0.3 is 10.6 Å². The summed E-state index contributed by atoms with van der Waals surface area (Å²) in [6.45, 7) is 0.661. The van der Waals surface area contributed by atoms with Crippen molar-refractivity contribution in [2.75, 3.05) is 6.54 Å². The van der Waals surface area contributed by atoms with Crippen LogP contribution in [0.25, 0.3) is 0 Å². The fourth-order valence-corrected chi connectivity index (χ4v) is 2.54. The van der Waals surface area contributed by atoms with Crippen LogP contribution in [-0.2, 0) is 4.79 Å². The van der Waals surface area contributed by atoms with E-state index in [2.05, 4.69) is 10.6 Å². The molecule has 2 fully saturated rings. The van der Waals surface area contributed by atoms with E-state index in [4.69, 9.17) is 0 Å². The maximum atomic E-state index is 12.5. The summed E-state index contributed by atoms with van der Waals surface area (Å²) in [5, 5.41) is 6.08. The van der Waals surface area contributed by atoms with Crippen LogP contribution >= 0.6 is 0 Å². The van der Waals surface area contributed by atoms with E-state index in [0.29, 0.717) is 31.8 Å². The zero-order valence-corrected chi connectivity index (χ0v) is 10.9. The average Bonchev–Trinajstić information content (AvgIpc) is 3.12. The predicted molar refractivity (Wildman–Crippen MR) is 65.6 cm³/mol. The zero-order valence-electron chi connectivity index (χ0n) is 10.9. The summed E-state index contributed by atoms with van der Waals surface area (Å²) in [5.41, 5.74) is 0. The highest BCUT2D eigenvalue weighted by Crippen LogP contribution is 2.37. The Morgan fingerprint density at radius 2 is 1.58 bits per heavy atom. The summed E-state index contributed by atoms with van der Waals surface area (Å²) >= 11 is 0. The van der Waals surface area contributed by atoms with Crippen molar-refractivity contribution in [1.82, 2.24) is 10.6 Å². The number of nitrogens with one attached hydrogen (secondary N) is 2. The molecule has 3 nitrogen and oxygen atoms in total. The molecule has 2 aliphatic rings. The first-order valence-corrected chi connectivity index (χ1v) is 7.04. The topological polar surface area (TPSA) is 41.1 Å². The smallest absolute Gasteiger partial charge is 0.353 e. The van der Waals surface area contributed by atoms with Crippen molar-refractivity contribution in [3.63, 3.8) is 0 Å². The number of hydrogen-bond donors (Lipinski definition) is 2. The third kappa shape index (κ3) is 5.01. The van der Waals surface area contributed by atoms with E-state index in [1.54, 1.807) is 0 Å². The molecule has 110 valence electrons. The van der Waals surface area contributed by atoms with Crippen LogP contribution in [0.2, 0.25) is 0 Å². The van der Waals surface area contributed by atoms with E-state index >= 15 is 0 Å². The number of hydrogen-bond acceptors (Lipinski definition) is 2. The normalized spacial score (nSPS) is 28.2. The largest absolute Gasteiger partial charge is 0.391 e. The van der Waals surface area contributed by atoms with Gasteiger partial charge in [0.05, 0.1) is 5.92 Å². The van der Waals surface area contributed by atoms with E-state index in [-0.39, 0.29) is 24.8 Å². The molecular weight excluding hydrogens is 257 g/mol. The molecule has 2 aliphatic carbocycles. The number of carbonyl (C=O) groups is 1. The number of alkyl halides is 3. The third-order valence-corrected chi connectivity index (χ3v) is 3.92. The monoisotopic (exact) mass is 278 g/mol. The van der Waals surface area contributed by atoms with Crippen LogP contribution in [0.3, 0.4) is 0 Å². The van der Waals surface area contributed by atoms with Crippen LogP contribution in [0, 0.1) is 5.92 Å². The molecular formula is C13H21F3N2O. The van der Waals surface area contributed by atoms with Gasteiger partial charge in [0.1, 0.15) is 0 Å². The predicted octanol–water partition coefficient (Wildman–Crippen LogP) is 2.37. The minimum atomic E-state index is -4.08. The Labute approximate surface area is 111 Å². The third-order valence-electron chi connectivity index (χ3n) is 3.92. The van der Waals surface area contributed by atoms with Crippen molar-refractivity contribution in [3.05, 3.63) is 0 Å². The lowest BCUT2D eigenvalue weighted by molar-refractivity contribution is -0.182. The lowest BCUT2D eigenvalue weighted by Gasteiger charge is -2.30. The fraction of sp³-hybridized carbons (Fsp3) is 0.923. The Morgan fingerprint density at radius 1 is 1.00 bits per heavy atom. The average molecular weight is 278 g/mol. The van der Waals surface area contributed by atoms with E-state index in [0.717, 1.165) is 0 Å². The van der Waals surface area contributed by atoms with Crippen LogP contribution in [-0.4, -0.2) is 30.7 Å². The van der Waals surface area contributed by atoms with Gasteiger partial charge in [-0.2, -0.15) is 13.2 Å². The first-order valence-electron chi connectivity index (χ1n) is 7.04. The number of rotatable bonds is 5. The molecule has 0 aliphatic heterocycles. The van der Waals surface area contributed by atoms with Crippen LogP contribution in [0.4, 0.5) is 13.2 Å². The highest BCUT2D eigenvalue weighted by molar-refractivity contribution is 5.76. The van der Waals surface area contributed by atoms with Gasteiger partial charge in [0.25, 0.3) is 0 Å². The molecule has 0 aromatic rings. The summed E-state index contributed by atoms with van der Waals surface area (Å²) in [6, 6.07) is 0.502. The first kappa shape index (κ1) is 14.6. The molecule has 0 spiro atoms. The van der Waals surface area contributed by atoms with Crippen molar-refractivity contribution in [3.8, 4) is 0 Å². The highest BCUT2D eigenvalue weighted by Gasteiger charge is 2.41. The second kappa shape index (κ2) is 6.11. The van der Waals surface area contributed by atoms with E-state index in [9.17, 15) is 18.0 Å². The van der Waals surface area contributed by atoms with Gasteiger partial charge in [0.2, 0.25) is 5.91 Å². The van der Waals surface area contributed by atoms with Crippen LogP contribution in [0.1, 0.15) is 44.9 Å². The Balaban J connectivity index is 1.60. The van der Waals surface area contributed by atoms with Gasteiger partial charge in [0, 0.05) is 25.0 Å². The maximum Gasteiger partial charge on any atom is 0.391 e. The lowest BCUT2D eigenvalue weighted by Crippen LogP contribution is -2.40. The van der Waals surface area contributed by atoms with Crippen molar-refractivity contribution < 1.29 is 18.0 Å². The van der Waals surface area contributed by atoms with Crippen molar-refractivity contribution >= 4 is 5.91 Å². The van der Waals surface area contributed by atoms with Crippen molar-refractivity contribution in [1.29, 1.82) is 0 Å². The van der Waals surface area contributed by atoms with Gasteiger partial charge in [-0.1, -0.05) is 0 Å². The van der Waals surface area contributed by atoms with Gasteiger partial charge in [-0.05, 0) is 38.5 Å². The minimum Gasteiger partial charge on any atom is -0.353 e. The molecule has 0 heterocycles. The second-order valence-corrected chi connectivity index (χ2v) is 5.64. The maximum absolute atomic E-state index is 12.5. The lowest BCUT2D eigenvalue weighted by atomic mass is 9.85. The van der Waals surface area contributed by atoms with E-state index < -0.39 is 12.1 Å². The van der Waals surface area contributed by atoms with Gasteiger partial charge >= 0.3 is 6.18 Å². The quantitative estimate of drug-likeness (QED) is 0.810. The molecule has 0 radical (unpaired) electrons. The van der Waals surface area contributed by atoms with Gasteiger partial charge in [0.15, 0.2) is 0 Å². The van der Waals surface area contributed by atoms with Crippen LogP contribution in [0.15, 0.2) is 0 Å². The van der Waals surface area contributed by atoms with Crippen LogP contribution < -0.4 is 10.6 Å². The number of carbonyl (C=O) groups excluding carboxylic acids is 1. The molecule has 0 unspecified atom stereocenters. The molecule has 0 bridgehead atoms. The number of amides is 1. The second-order valence-electron chi connectivity index (χ2n) is 5.64. The summed E-state index contributed by atoms with van der Waals surface area (Å²) in [6.07, 6.45) is -0.160. The van der Waals surface area contributed by atoms with Gasteiger partial charge in [-0.15, -0.1) is 0 Å². The molecule has 2 saturated carbocycles. The van der Waals surface area contributed by atoms with Gasteiger partial charge in [-0.3, -0.25) is 4.79 Å². The Kier molecular flexibility index (Phi) is 4.71. The molecule has 0 aromatic heterocycles. The molecule has 19 heavy (non-hydrogen) atoms. The Hall–Kier alpha value is -0.780. The summed E-state index contributed by atoms with van der Waals surface area (Å²) < 4.78 is 37.5. The first-order chi connectivity index (χ1) is 8.95. The standard InChI is InChI=1S/C13H21F3N2O/c14-13(15,16)9-1-3-11(4-2-9)18-12(19)7-8-17-10-5-6-10/h9-11,17H,1-8H2,(H,18,19). The summed E-state index contributed by atoms with van der Waals surface area (Å²) in [7, 11) is 0. The molecule has 0 saturated heterocycles. The Morgan fingerprint density at radius 3 is 2.11 bits per heavy atom. The van der Waals surface area contributed by atoms with Crippen molar-refractivity contribution in [2.24, 2.45) is 5.92 Å². The molecule has 6 heteroatoms.